The van der Waals surface area contributed by atoms with Gasteiger partial charge in [0, 0.05) is 18.2 Å². The molecule has 0 fully saturated rings. The van der Waals surface area contributed by atoms with Crippen LogP contribution in [0.1, 0.15) is 30.9 Å². The van der Waals surface area contributed by atoms with Crippen LogP contribution >= 0.6 is 0 Å². The molecule has 0 heterocycles. The standard InChI is InChI=1S/C13H20N2O/c1-4-11(14)8-13(16)15-12-7-9(2)5-6-10(12)3/h5-7,11H,4,8,14H2,1-3H3,(H,15,16). The van der Waals surface area contributed by atoms with Gasteiger partial charge in [0.15, 0.2) is 0 Å². The summed E-state index contributed by atoms with van der Waals surface area (Å²) in [7, 11) is 0. The summed E-state index contributed by atoms with van der Waals surface area (Å²) in [5.74, 6) is -0.0111. The van der Waals surface area contributed by atoms with E-state index in [9.17, 15) is 4.79 Å². The molecule has 0 bridgehead atoms. The van der Waals surface area contributed by atoms with Gasteiger partial charge in [-0.25, -0.2) is 0 Å². The average Bonchev–Trinajstić information content (AvgIpc) is 2.23. The highest BCUT2D eigenvalue weighted by Gasteiger charge is 2.08. The third kappa shape index (κ3) is 3.66. The monoisotopic (exact) mass is 220 g/mol. The molecule has 0 aromatic heterocycles. The van der Waals surface area contributed by atoms with Crippen molar-refractivity contribution in [2.75, 3.05) is 5.32 Å². The Morgan fingerprint density at radius 3 is 2.75 bits per heavy atom. The molecule has 1 aromatic carbocycles. The van der Waals surface area contributed by atoms with Crippen LogP contribution in [0.5, 0.6) is 0 Å². The van der Waals surface area contributed by atoms with Crippen LogP contribution in [0.15, 0.2) is 18.2 Å². The van der Waals surface area contributed by atoms with Crippen molar-refractivity contribution in [1.29, 1.82) is 0 Å². The number of amides is 1. The number of carbonyl (C=O) groups is 1. The number of anilines is 1. The Labute approximate surface area is 97.0 Å². The van der Waals surface area contributed by atoms with Gasteiger partial charge in [0.2, 0.25) is 5.91 Å². The minimum absolute atomic E-state index is 0.0111. The van der Waals surface area contributed by atoms with Crippen LogP contribution < -0.4 is 11.1 Å². The van der Waals surface area contributed by atoms with E-state index in [1.807, 2.05) is 39.0 Å². The van der Waals surface area contributed by atoms with Crippen molar-refractivity contribution >= 4 is 11.6 Å². The summed E-state index contributed by atoms with van der Waals surface area (Å²) in [5, 5.41) is 2.90. The molecule has 1 rings (SSSR count). The second-order valence-corrected chi connectivity index (χ2v) is 4.24. The molecule has 1 atom stereocenters. The maximum Gasteiger partial charge on any atom is 0.225 e. The van der Waals surface area contributed by atoms with E-state index < -0.39 is 0 Å². The van der Waals surface area contributed by atoms with Crippen molar-refractivity contribution in [3.05, 3.63) is 29.3 Å². The van der Waals surface area contributed by atoms with Gasteiger partial charge in [0.25, 0.3) is 0 Å². The molecular weight excluding hydrogens is 200 g/mol. The van der Waals surface area contributed by atoms with Gasteiger partial charge in [-0.3, -0.25) is 4.79 Å². The number of hydrogen-bond acceptors (Lipinski definition) is 2. The average molecular weight is 220 g/mol. The molecule has 0 spiro atoms. The molecule has 0 aliphatic rings. The van der Waals surface area contributed by atoms with Crippen molar-refractivity contribution in [3.8, 4) is 0 Å². The number of nitrogens with two attached hydrogens (primary N) is 1. The quantitative estimate of drug-likeness (QED) is 0.818. The second kappa shape index (κ2) is 5.66. The maximum absolute atomic E-state index is 11.7. The summed E-state index contributed by atoms with van der Waals surface area (Å²) in [6.45, 7) is 5.97. The van der Waals surface area contributed by atoms with Crippen molar-refractivity contribution in [2.24, 2.45) is 5.73 Å². The molecule has 88 valence electrons. The first-order chi connectivity index (χ1) is 7.52. The molecule has 0 saturated carbocycles. The second-order valence-electron chi connectivity index (χ2n) is 4.24. The van der Waals surface area contributed by atoms with E-state index in [1.165, 1.54) is 0 Å². The topological polar surface area (TPSA) is 55.1 Å². The minimum atomic E-state index is -0.0508. The first-order valence-electron chi connectivity index (χ1n) is 5.65. The van der Waals surface area contributed by atoms with Gasteiger partial charge in [-0.15, -0.1) is 0 Å². The number of hydrogen-bond donors (Lipinski definition) is 2. The SMILES string of the molecule is CCC(N)CC(=O)Nc1cc(C)ccc1C. The predicted molar refractivity (Wildman–Crippen MR) is 67.4 cm³/mol. The summed E-state index contributed by atoms with van der Waals surface area (Å²) < 4.78 is 0. The highest BCUT2D eigenvalue weighted by molar-refractivity contribution is 5.91. The van der Waals surface area contributed by atoms with Gasteiger partial charge >= 0.3 is 0 Å². The fourth-order valence-corrected chi connectivity index (χ4v) is 1.45. The Balaban J connectivity index is 2.65. The summed E-state index contributed by atoms with van der Waals surface area (Å²) in [5.41, 5.74) is 8.83. The van der Waals surface area contributed by atoms with E-state index in [0.29, 0.717) is 6.42 Å². The van der Waals surface area contributed by atoms with E-state index in [0.717, 1.165) is 23.2 Å². The molecular formula is C13H20N2O. The summed E-state index contributed by atoms with van der Waals surface area (Å²) in [6.07, 6.45) is 1.20. The van der Waals surface area contributed by atoms with Gasteiger partial charge < -0.3 is 11.1 Å². The Kier molecular flexibility index (Phi) is 4.50. The highest BCUT2D eigenvalue weighted by atomic mass is 16.1. The molecule has 3 heteroatoms. The lowest BCUT2D eigenvalue weighted by molar-refractivity contribution is -0.116. The van der Waals surface area contributed by atoms with Crippen LogP contribution in [0.4, 0.5) is 5.69 Å². The largest absolute Gasteiger partial charge is 0.327 e. The molecule has 0 radical (unpaired) electrons. The van der Waals surface area contributed by atoms with Crippen molar-refractivity contribution < 1.29 is 4.79 Å². The third-order valence-electron chi connectivity index (χ3n) is 2.64. The zero-order valence-electron chi connectivity index (χ0n) is 10.2. The van der Waals surface area contributed by atoms with Gasteiger partial charge in [-0.1, -0.05) is 19.1 Å². The lowest BCUT2D eigenvalue weighted by atomic mass is 10.1. The molecule has 1 aromatic rings. The van der Waals surface area contributed by atoms with Crippen molar-refractivity contribution in [3.63, 3.8) is 0 Å². The number of nitrogens with one attached hydrogen (secondary N) is 1. The van der Waals surface area contributed by atoms with E-state index in [1.54, 1.807) is 0 Å². The molecule has 1 amide bonds. The maximum atomic E-state index is 11.7. The lowest BCUT2D eigenvalue weighted by Crippen LogP contribution is -2.26. The summed E-state index contributed by atoms with van der Waals surface area (Å²) >= 11 is 0. The van der Waals surface area contributed by atoms with Gasteiger partial charge in [0.1, 0.15) is 0 Å². The zero-order valence-corrected chi connectivity index (χ0v) is 10.2. The molecule has 16 heavy (non-hydrogen) atoms. The fourth-order valence-electron chi connectivity index (χ4n) is 1.45. The normalized spacial score (nSPS) is 12.2. The number of benzene rings is 1. The zero-order chi connectivity index (χ0) is 12.1. The van der Waals surface area contributed by atoms with E-state index in [4.69, 9.17) is 5.73 Å². The first-order valence-corrected chi connectivity index (χ1v) is 5.65. The van der Waals surface area contributed by atoms with Crippen LogP contribution in [-0.4, -0.2) is 11.9 Å². The molecule has 0 aliphatic heterocycles. The third-order valence-corrected chi connectivity index (χ3v) is 2.64. The van der Waals surface area contributed by atoms with E-state index in [-0.39, 0.29) is 11.9 Å². The van der Waals surface area contributed by atoms with Gasteiger partial charge in [-0.05, 0) is 37.5 Å². The van der Waals surface area contributed by atoms with E-state index in [2.05, 4.69) is 5.32 Å². The highest BCUT2D eigenvalue weighted by Crippen LogP contribution is 2.16. The molecule has 3 N–H and O–H groups in total. The molecule has 1 unspecified atom stereocenters. The Morgan fingerprint density at radius 2 is 2.12 bits per heavy atom. The van der Waals surface area contributed by atoms with Gasteiger partial charge in [0.05, 0.1) is 0 Å². The molecule has 0 aliphatic carbocycles. The van der Waals surface area contributed by atoms with E-state index >= 15 is 0 Å². The van der Waals surface area contributed by atoms with Gasteiger partial charge in [-0.2, -0.15) is 0 Å². The number of aryl methyl sites for hydroxylation is 2. The number of carbonyl (C=O) groups excluding carboxylic acids is 1. The van der Waals surface area contributed by atoms with Crippen LogP contribution in [0.3, 0.4) is 0 Å². The molecule has 0 saturated heterocycles. The van der Waals surface area contributed by atoms with Crippen LogP contribution in [0, 0.1) is 13.8 Å². The summed E-state index contributed by atoms with van der Waals surface area (Å²) in [6, 6.07) is 5.96. The Morgan fingerprint density at radius 1 is 1.44 bits per heavy atom. The molecule has 3 nitrogen and oxygen atoms in total. The van der Waals surface area contributed by atoms with Crippen LogP contribution in [0.2, 0.25) is 0 Å². The smallest absolute Gasteiger partial charge is 0.225 e. The Hall–Kier alpha value is -1.35. The van der Waals surface area contributed by atoms with Crippen molar-refractivity contribution in [1.82, 2.24) is 0 Å². The predicted octanol–water partition coefficient (Wildman–Crippen LogP) is 2.37. The van der Waals surface area contributed by atoms with Crippen LogP contribution in [-0.2, 0) is 4.79 Å². The first kappa shape index (κ1) is 12.7. The Bertz CT molecular complexity index is 374. The van der Waals surface area contributed by atoms with Crippen LogP contribution in [0.25, 0.3) is 0 Å². The fraction of sp³-hybridized carbons (Fsp3) is 0.462. The lowest BCUT2D eigenvalue weighted by Gasteiger charge is -2.11. The van der Waals surface area contributed by atoms with Crippen molar-refractivity contribution in [2.45, 2.75) is 39.7 Å². The summed E-state index contributed by atoms with van der Waals surface area (Å²) in [4.78, 5) is 11.7. The minimum Gasteiger partial charge on any atom is -0.327 e. The number of rotatable bonds is 4.